The minimum absolute atomic E-state index is 0.0761. The first-order valence-electron chi connectivity index (χ1n) is 9.13. The predicted molar refractivity (Wildman–Crippen MR) is 113 cm³/mol. The molecule has 2 heterocycles. The van der Waals surface area contributed by atoms with Gasteiger partial charge in [0.2, 0.25) is 5.91 Å². The zero-order valence-electron chi connectivity index (χ0n) is 16.0. The second-order valence-electron chi connectivity index (χ2n) is 6.24. The number of hydrogen-bond acceptors (Lipinski definition) is 5. The van der Waals surface area contributed by atoms with Crippen molar-refractivity contribution < 1.29 is 4.79 Å². The van der Waals surface area contributed by atoms with Gasteiger partial charge in [-0.2, -0.15) is 0 Å². The molecule has 1 N–H and O–H groups in total. The van der Waals surface area contributed by atoms with E-state index in [0.717, 1.165) is 23.5 Å². The molecule has 3 rings (SSSR count). The van der Waals surface area contributed by atoms with E-state index in [-0.39, 0.29) is 11.2 Å². The summed E-state index contributed by atoms with van der Waals surface area (Å²) in [6, 6.07) is 11.7. The molecule has 1 aromatic carbocycles. The van der Waals surface area contributed by atoms with Crippen LogP contribution in [0, 0.1) is 0 Å². The molecular weight excluding hydrogens is 370 g/mol. The summed E-state index contributed by atoms with van der Waals surface area (Å²) in [6.45, 7) is 8.34. The van der Waals surface area contributed by atoms with E-state index in [4.69, 9.17) is 0 Å². The highest BCUT2D eigenvalue weighted by molar-refractivity contribution is 8.00. The molecule has 144 valence electrons. The summed E-state index contributed by atoms with van der Waals surface area (Å²) in [6.07, 6.45) is 6.20. The van der Waals surface area contributed by atoms with Crippen molar-refractivity contribution >= 4 is 23.4 Å². The summed E-state index contributed by atoms with van der Waals surface area (Å²) in [5.41, 5.74) is 2.95. The van der Waals surface area contributed by atoms with Crippen molar-refractivity contribution in [3.05, 3.63) is 67.0 Å². The van der Waals surface area contributed by atoms with Gasteiger partial charge in [-0.05, 0) is 43.2 Å². The first-order valence-corrected chi connectivity index (χ1v) is 10.0. The Balaban J connectivity index is 1.73. The van der Waals surface area contributed by atoms with Gasteiger partial charge in [0.15, 0.2) is 11.0 Å². The van der Waals surface area contributed by atoms with Gasteiger partial charge < -0.3 is 5.32 Å². The summed E-state index contributed by atoms with van der Waals surface area (Å²) in [4.78, 5) is 16.6. The Kier molecular flexibility index (Phi) is 6.60. The molecular formula is C21H23N5OS. The molecule has 0 saturated heterocycles. The van der Waals surface area contributed by atoms with Gasteiger partial charge in [0, 0.05) is 30.2 Å². The Labute approximate surface area is 169 Å². The Hall–Kier alpha value is -2.93. The van der Waals surface area contributed by atoms with Crippen LogP contribution in [0.3, 0.4) is 0 Å². The zero-order chi connectivity index (χ0) is 19.9. The van der Waals surface area contributed by atoms with E-state index in [1.165, 1.54) is 17.3 Å². The van der Waals surface area contributed by atoms with E-state index in [1.807, 2.05) is 47.9 Å². The number of aryl methyl sites for hydroxylation is 1. The number of rotatable bonds is 8. The van der Waals surface area contributed by atoms with Crippen molar-refractivity contribution in [2.75, 3.05) is 5.32 Å². The monoisotopic (exact) mass is 393 g/mol. The molecule has 28 heavy (non-hydrogen) atoms. The molecule has 6 nitrogen and oxygen atoms in total. The number of benzene rings is 1. The van der Waals surface area contributed by atoms with Crippen molar-refractivity contribution in [2.45, 2.75) is 37.2 Å². The Morgan fingerprint density at radius 1 is 1.21 bits per heavy atom. The second-order valence-corrected chi connectivity index (χ2v) is 7.55. The van der Waals surface area contributed by atoms with Crippen molar-refractivity contribution in [1.82, 2.24) is 19.7 Å². The third-order valence-corrected chi connectivity index (χ3v) is 5.33. The Morgan fingerprint density at radius 2 is 1.93 bits per heavy atom. The second kappa shape index (κ2) is 9.32. The molecule has 0 fully saturated rings. The van der Waals surface area contributed by atoms with Gasteiger partial charge in [-0.25, -0.2) is 0 Å². The third kappa shape index (κ3) is 4.67. The lowest BCUT2D eigenvalue weighted by atomic mass is 10.1. The van der Waals surface area contributed by atoms with Crippen LogP contribution in [0.1, 0.15) is 19.4 Å². The first kappa shape index (κ1) is 19.8. The van der Waals surface area contributed by atoms with E-state index in [2.05, 4.69) is 34.0 Å². The van der Waals surface area contributed by atoms with Gasteiger partial charge in [-0.15, -0.1) is 16.8 Å². The number of nitrogens with zero attached hydrogens (tertiary/aromatic N) is 4. The summed E-state index contributed by atoms with van der Waals surface area (Å²) < 4.78 is 1.95. The van der Waals surface area contributed by atoms with Crippen molar-refractivity contribution in [3.63, 3.8) is 0 Å². The van der Waals surface area contributed by atoms with E-state index in [0.29, 0.717) is 11.7 Å². The fraction of sp³-hybridized carbons (Fsp3) is 0.238. The van der Waals surface area contributed by atoms with E-state index in [9.17, 15) is 4.79 Å². The fourth-order valence-electron chi connectivity index (χ4n) is 2.66. The summed E-state index contributed by atoms with van der Waals surface area (Å²) in [7, 11) is 0. The molecule has 0 aliphatic rings. The average molecular weight is 394 g/mol. The smallest absolute Gasteiger partial charge is 0.237 e. The highest BCUT2D eigenvalue weighted by Crippen LogP contribution is 2.27. The Bertz CT molecular complexity index is 937. The number of hydrogen-bond donors (Lipinski definition) is 1. The van der Waals surface area contributed by atoms with Crippen LogP contribution in [0.2, 0.25) is 0 Å². The van der Waals surface area contributed by atoms with E-state index < -0.39 is 0 Å². The average Bonchev–Trinajstić information content (AvgIpc) is 3.11. The van der Waals surface area contributed by atoms with Crippen LogP contribution in [0.25, 0.3) is 11.4 Å². The topological polar surface area (TPSA) is 72.7 Å². The highest BCUT2D eigenvalue weighted by atomic mass is 32.2. The number of anilines is 1. The highest BCUT2D eigenvalue weighted by Gasteiger charge is 2.20. The van der Waals surface area contributed by atoms with Crippen LogP contribution in [0.4, 0.5) is 5.69 Å². The van der Waals surface area contributed by atoms with Crippen LogP contribution in [-0.4, -0.2) is 30.9 Å². The number of nitrogens with one attached hydrogen (secondary N) is 1. The quantitative estimate of drug-likeness (QED) is 0.458. The minimum Gasteiger partial charge on any atom is -0.325 e. The van der Waals surface area contributed by atoms with E-state index in [1.54, 1.807) is 18.5 Å². The van der Waals surface area contributed by atoms with Crippen molar-refractivity contribution in [1.29, 1.82) is 0 Å². The predicted octanol–water partition coefficient (Wildman–Crippen LogP) is 4.21. The standard InChI is InChI=1S/C21H23N5OS/c1-4-14-26-19(17-10-12-22-13-11-17)24-25-21(26)28-15(3)20(27)23-18-8-6-16(5-2)7-9-18/h4,6-13,15H,1,5,14H2,2-3H3,(H,23,27). The number of carbonyl (C=O) groups excluding carboxylic acids is 1. The molecule has 1 unspecified atom stereocenters. The molecule has 0 radical (unpaired) electrons. The number of allylic oxidation sites excluding steroid dienone is 1. The normalized spacial score (nSPS) is 11.8. The molecule has 0 aliphatic heterocycles. The number of pyridine rings is 1. The SMILES string of the molecule is C=CCn1c(SC(C)C(=O)Nc2ccc(CC)cc2)nnc1-c1ccncc1. The first-order chi connectivity index (χ1) is 13.6. The van der Waals surface area contributed by atoms with Gasteiger partial charge in [0.25, 0.3) is 0 Å². The van der Waals surface area contributed by atoms with Crippen LogP contribution in [0.15, 0.2) is 66.6 Å². The Morgan fingerprint density at radius 3 is 2.57 bits per heavy atom. The lowest BCUT2D eigenvalue weighted by molar-refractivity contribution is -0.115. The van der Waals surface area contributed by atoms with Gasteiger partial charge >= 0.3 is 0 Å². The summed E-state index contributed by atoms with van der Waals surface area (Å²) in [5, 5.41) is 11.9. The van der Waals surface area contributed by atoms with Crippen molar-refractivity contribution in [3.8, 4) is 11.4 Å². The summed E-state index contributed by atoms with van der Waals surface area (Å²) >= 11 is 1.37. The molecule has 0 saturated carbocycles. The lowest BCUT2D eigenvalue weighted by Gasteiger charge is -2.13. The van der Waals surface area contributed by atoms with Crippen molar-refractivity contribution in [2.24, 2.45) is 0 Å². The number of carbonyl (C=O) groups is 1. The number of thioether (sulfide) groups is 1. The van der Waals surface area contributed by atoms with Crippen LogP contribution in [0.5, 0.6) is 0 Å². The largest absolute Gasteiger partial charge is 0.325 e. The number of amides is 1. The molecule has 0 spiro atoms. The molecule has 1 amide bonds. The molecule has 1 atom stereocenters. The molecule has 7 heteroatoms. The zero-order valence-corrected chi connectivity index (χ0v) is 16.8. The maximum atomic E-state index is 12.6. The van der Waals surface area contributed by atoms with Gasteiger partial charge in [0.05, 0.1) is 5.25 Å². The van der Waals surface area contributed by atoms with Gasteiger partial charge in [-0.3, -0.25) is 14.3 Å². The van der Waals surface area contributed by atoms with Crippen LogP contribution >= 0.6 is 11.8 Å². The molecule has 0 bridgehead atoms. The number of aromatic nitrogens is 4. The van der Waals surface area contributed by atoms with Crippen LogP contribution < -0.4 is 5.32 Å². The molecule has 3 aromatic rings. The summed E-state index contributed by atoms with van der Waals surface area (Å²) in [5.74, 6) is 0.653. The fourth-order valence-corrected chi connectivity index (χ4v) is 3.52. The van der Waals surface area contributed by atoms with E-state index >= 15 is 0 Å². The molecule has 0 aliphatic carbocycles. The maximum Gasteiger partial charge on any atom is 0.237 e. The lowest BCUT2D eigenvalue weighted by Crippen LogP contribution is -2.23. The van der Waals surface area contributed by atoms with Crippen LogP contribution in [-0.2, 0) is 17.8 Å². The third-order valence-electron chi connectivity index (χ3n) is 4.25. The van der Waals surface area contributed by atoms with Gasteiger partial charge in [-0.1, -0.05) is 36.9 Å². The minimum atomic E-state index is -0.330. The molecule has 2 aromatic heterocycles. The maximum absolute atomic E-state index is 12.6. The van der Waals surface area contributed by atoms with Gasteiger partial charge in [0.1, 0.15) is 0 Å².